The molecule has 0 aliphatic heterocycles. The molecular formula is C19H23IO2. The summed E-state index contributed by atoms with van der Waals surface area (Å²) < 4.78 is 1.19. The van der Waals surface area contributed by atoms with Crippen LogP contribution < -0.4 is 0 Å². The van der Waals surface area contributed by atoms with Crippen molar-refractivity contribution in [1.29, 1.82) is 0 Å². The van der Waals surface area contributed by atoms with Gasteiger partial charge in [-0.3, -0.25) is 4.79 Å². The van der Waals surface area contributed by atoms with E-state index in [2.05, 4.69) is 41.6 Å². The van der Waals surface area contributed by atoms with Crippen LogP contribution in [0.2, 0.25) is 0 Å². The second-order valence-corrected chi connectivity index (χ2v) is 8.80. The van der Waals surface area contributed by atoms with Crippen LogP contribution in [0.3, 0.4) is 0 Å². The van der Waals surface area contributed by atoms with Gasteiger partial charge in [0.15, 0.2) is 0 Å². The molecule has 3 aliphatic rings. The van der Waals surface area contributed by atoms with Gasteiger partial charge in [-0.25, -0.2) is 0 Å². The maximum Gasteiger partial charge on any atom is 0.139 e. The summed E-state index contributed by atoms with van der Waals surface area (Å²) in [6, 6.07) is 4.54. The van der Waals surface area contributed by atoms with E-state index < -0.39 is 0 Å². The molecule has 2 fully saturated rings. The number of halogens is 1. The number of aliphatic hydroxyl groups excluding tert-OH is 1. The molecular weight excluding hydrogens is 387 g/mol. The third kappa shape index (κ3) is 2.04. The lowest BCUT2D eigenvalue weighted by Crippen LogP contribution is -2.42. The van der Waals surface area contributed by atoms with Crippen LogP contribution in [0.5, 0.6) is 0 Å². The van der Waals surface area contributed by atoms with Gasteiger partial charge in [-0.2, -0.15) is 0 Å². The molecule has 3 unspecified atom stereocenters. The first-order valence-corrected chi connectivity index (χ1v) is 9.58. The first kappa shape index (κ1) is 15.1. The average Bonchev–Trinajstić information content (AvgIpc) is 2.82. The van der Waals surface area contributed by atoms with E-state index in [4.69, 9.17) is 0 Å². The van der Waals surface area contributed by atoms with Gasteiger partial charge in [0.05, 0.1) is 6.61 Å². The number of hydrogen-bond acceptors (Lipinski definition) is 2. The van der Waals surface area contributed by atoms with E-state index in [0.717, 1.165) is 37.7 Å². The molecule has 0 bridgehead atoms. The van der Waals surface area contributed by atoms with Gasteiger partial charge in [-0.1, -0.05) is 13.0 Å². The number of rotatable bonds is 1. The number of benzene rings is 1. The fraction of sp³-hybridized carbons (Fsp3) is 0.632. The van der Waals surface area contributed by atoms with E-state index in [1.54, 1.807) is 0 Å². The topological polar surface area (TPSA) is 37.3 Å². The minimum atomic E-state index is -0.0309. The largest absolute Gasteiger partial charge is 0.392 e. The standard InChI is InChI=1S/C19H23IO2/c1-19-7-6-13-14(16(19)4-5-18(19)22)3-2-11-8-12(10-21)17(20)9-15(11)13/h8-9,13-14,16,21H,2-7,10H2,1H3/t13?,14?,16?,19-/m0/s1. The van der Waals surface area contributed by atoms with Crippen LogP contribution in [0.4, 0.5) is 0 Å². The van der Waals surface area contributed by atoms with Gasteiger partial charge in [0, 0.05) is 15.4 Å². The van der Waals surface area contributed by atoms with Crippen LogP contribution in [-0.2, 0) is 17.8 Å². The van der Waals surface area contributed by atoms with Crippen LogP contribution >= 0.6 is 22.6 Å². The number of aryl methyl sites for hydroxylation is 1. The fourth-order valence-electron chi connectivity index (χ4n) is 5.54. The molecule has 0 saturated heterocycles. The summed E-state index contributed by atoms with van der Waals surface area (Å²) in [6.45, 7) is 2.37. The number of carbonyl (C=O) groups is 1. The molecule has 2 nitrogen and oxygen atoms in total. The molecule has 4 rings (SSSR count). The highest BCUT2D eigenvalue weighted by atomic mass is 127. The van der Waals surface area contributed by atoms with Crippen molar-refractivity contribution >= 4 is 28.4 Å². The van der Waals surface area contributed by atoms with Crippen molar-refractivity contribution in [3.8, 4) is 0 Å². The zero-order valence-corrected chi connectivity index (χ0v) is 15.2. The molecule has 0 heterocycles. The lowest BCUT2D eigenvalue weighted by molar-refractivity contribution is -0.129. The van der Waals surface area contributed by atoms with Crippen LogP contribution in [0.1, 0.15) is 61.6 Å². The predicted molar refractivity (Wildman–Crippen MR) is 94.7 cm³/mol. The Hall–Kier alpha value is -0.420. The number of Topliss-reactive ketones (excluding diaryl/α,β-unsaturated/α-hetero) is 1. The quantitative estimate of drug-likeness (QED) is 0.705. The van der Waals surface area contributed by atoms with Crippen LogP contribution in [-0.4, -0.2) is 10.9 Å². The summed E-state index contributed by atoms with van der Waals surface area (Å²) in [5.74, 6) is 2.44. The van der Waals surface area contributed by atoms with Crippen LogP contribution in [0.25, 0.3) is 0 Å². The Labute approximate surface area is 145 Å². The van der Waals surface area contributed by atoms with Gasteiger partial charge in [-0.05, 0) is 95.2 Å². The molecule has 4 atom stereocenters. The Kier molecular flexibility index (Phi) is 3.65. The molecule has 1 aromatic rings. The Morgan fingerprint density at radius 1 is 1.27 bits per heavy atom. The Morgan fingerprint density at radius 3 is 2.86 bits per heavy atom. The molecule has 118 valence electrons. The van der Waals surface area contributed by atoms with E-state index in [1.807, 2.05) is 0 Å². The van der Waals surface area contributed by atoms with Crippen molar-refractivity contribution in [2.24, 2.45) is 17.3 Å². The van der Waals surface area contributed by atoms with Crippen molar-refractivity contribution in [1.82, 2.24) is 0 Å². The zero-order valence-electron chi connectivity index (χ0n) is 13.1. The lowest BCUT2D eigenvalue weighted by atomic mass is 9.55. The molecule has 1 aromatic carbocycles. The average molecular weight is 410 g/mol. The molecule has 2 saturated carbocycles. The van der Waals surface area contributed by atoms with Gasteiger partial charge in [-0.15, -0.1) is 0 Å². The normalized spacial score (nSPS) is 36.7. The van der Waals surface area contributed by atoms with Gasteiger partial charge in [0.1, 0.15) is 5.78 Å². The van der Waals surface area contributed by atoms with E-state index in [9.17, 15) is 9.90 Å². The second-order valence-electron chi connectivity index (χ2n) is 7.63. The monoisotopic (exact) mass is 410 g/mol. The third-order valence-corrected chi connectivity index (χ3v) is 7.78. The third-order valence-electron chi connectivity index (χ3n) is 6.77. The highest BCUT2D eigenvalue weighted by molar-refractivity contribution is 14.1. The summed E-state index contributed by atoms with van der Waals surface area (Å²) in [5, 5.41) is 9.50. The molecule has 0 aromatic heterocycles. The molecule has 0 amide bonds. The van der Waals surface area contributed by atoms with Crippen LogP contribution in [0.15, 0.2) is 12.1 Å². The Balaban J connectivity index is 1.73. The smallest absolute Gasteiger partial charge is 0.139 e. The van der Waals surface area contributed by atoms with Gasteiger partial charge in [0.2, 0.25) is 0 Å². The number of ketones is 1. The predicted octanol–water partition coefficient (Wildman–Crippen LogP) is 4.21. The molecule has 1 N–H and O–H groups in total. The van der Waals surface area contributed by atoms with Crippen molar-refractivity contribution in [3.05, 3.63) is 32.4 Å². The second kappa shape index (κ2) is 5.30. The van der Waals surface area contributed by atoms with E-state index in [1.165, 1.54) is 21.1 Å². The minimum Gasteiger partial charge on any atom is -0.392 e. The molecule has 22 heavy (non-hydrogen) atoms. The zero-order chi connectivity index (χ0) is 15.5. The van der Waals surface area contributed by atoms with E-state index in [0.29, 0.717) is 23.5 Å². The number of fused-ring (bicyclic) bond motifs is 5. The molecule has 0 radical (unpaired) electrons. The fourth-order valence-corrected chi connectivity index (χ4v) is 6.20. The molecule has 3 aliphatic carbocycles. The van der Waals surface area contributed by atoms with Gasteiger partial charge >= 0.3 is 0 Å². The summed E-state index contributed by atoms with van der Waals surface area (Å²) in [4.78, 5) is 12.4. The minimum absolute atomic E-state index is 0.0309. The number of hydrogen-bond donors (Lipinski definition) is 1. The van der Waals surface area contributed by atoms with Gasteiger partial charge in [0.25, 0.3) is 0 Å². The highest BCUT2D eigenvalue weighted by Crippen LogP contribution is 2.59. The summed E-state index contributed by atoms with van der Waals surface area (Å²) in [7, 11) is 0. The maximum absolute atomic E-state index is 12.4. The van der Waals surface area contributed by atoms with Crippen molar-refractivity contribution in [2.75, 3.05) is 0 Å². The van der Waals surface area contributed by atoms with Gasteiger partial charge < -0.3 is 5.11 Å². The number of aliphatic hydroxyl groups is 1. The first-order valence-electron chi connectivity index (χ1n) is 8.50. The highest BCUT2D eigenvalue weighted by Gasteiger charge is 2.54. The van der Waals surface area contributed by atoms with E-state index in [-0.39, 0.29) is 12.0 Å². The summed E-state index contributed by atoms with van der Waals surface area (Å²) >= 11 is 2.35. The first-order chi connectivity index (χ1) is 10.5. The maximum atomic E-state index is 12.4. The summed E-state index contributed by atoms with van der Waals surface area (Å²) in [5.41, 5.74) is 3.99. The molecule has 0 spiro atoms. The lowest BCUT2D eigenvalue weighted by Gasteiger charge is -2.48. The van der Waals surface area contributed by atoms with E-state index >= 15 is 0 Å². The SMILES string of the molecule is C[C@]12CCC3c4cc(I)c(CO)cc4CCC3C1CCC2=O. The number of carbonyl (C=O) groups excluding carboxylic acids is 1. The van der Waals surface area contributed by atoms with Crippen molar-refractivity contribution in [3.63, 3.8) is 0 Å². The Bertz CT molecular complexity index is 639. The van der Waals surface area contributed by atoms with Crippen molar-refractivity contribution in [2.45, 2.75) is 58.0 Å². The van der Waals surface area contributed by atoms with Crippen LogP contribution in [0, 0.1) is 20.8 Å². The Morgan fingerprint density at radius 2 is 2.09 bits per heavy atom. The summed E-state index contributed by atoms with van der Waals surface area (Å²) in [6.07, 6.45) is 6.47. The van der Waals surface area contributed by atoms with Crippen molar-refractivity contribution < 1.29 is 9.90 Å². The molecule has 3 heteroatoms.